The van der Waals surface area contributed by atoms with Gasteiger partial charge in [0.15, 0.2) is 15.9 Å². The number of aliphatic carboxylic acids is 2. The maximum atomic E-state index is 13.3. The maximum Gasteiger partial charge on any atom is 0.328 e. The van der Waals surface area contributed by atoms with Gasteiger partial charge in [-0.25, -0.2) is 22.8 Å². The number of hydrogen-bond donors (Lipinski definition) is 4. The number of urea groups is 1. The smallest absolute Gasteiger partial charge is 0.328 e. The Hall–Kier alpha value is -5.58. The number of rotatable bonds is 9. The van der Waals surface area contributed by atoms with E-state index in [2.05, 4.69) is 20.9 Å². The Kier molecular flexibility index (Phi) is 10.4. The quantitative estimate of drug-likeness (QED) is 0.161. The molecule has 56 heavy (non-hydrogen) atoms. The molecule has 23 heteroatoms. The van der Waals surface area contributed by atoms with Gasteiger partial charge in [-0.05, 0) is 33.3 Å². The van der Waals surface area contributed by atoms with Gasteiger partial charge in [0.1, 0.15) is 33.6 Å². The molecule has 2 aromatic rings. The largest absolute Gasteiger partial charge is 0.480 e. The van der Waals surface area contributed by atoms with E-state index in [1.165, 1.54) is 45.6 Å². The van der Waals surface area contributed by atoms with Gasteiger partial charge < -0.3 is 35.5 Å². The van der Waals surface area contributed by atoms with Gasteiger partial charge in [-0.15, -0.1) is 16.9 Å². The van der Waals surface area contributed by atoms with E-state index >= 15 is 0 Å². The number of benzene rings is 1. The molecule has 7 atom stereocenters. The normalized spacial score (nSPS) is 28.9. The van der Waals surface area contributed by atoms with Crippen molar-refractivity contribution in [2.24, 2.45) is 0 Å². The van der Waals surface area contributed by atoms with Crippen molar-refractivity contribution in [3.05, 3.63) is 48.3 Å². The molecule has 0 bridgehead atoms. The zero-order chi connectivity index (χ0) is 41.1. The minimum absolute atomic E-state index is 0.0200. The number of thioether (sulfide) groups is 1. The monoisotopic (exact) mass is 817 g/mol. The number of fused-ring (bicyclic) bond motifs is 2. The highest BCUT2D eigenvalue weighted by molar-refractivity contribution is 8.01. The zero-order valence-electron chi connectivity index (χ0n) is 30.5. The Morgan fingerprint density at radius 2 is 1.62 bits per heavy atom. The van der Waals surface area contributed by atoms with Crippen molar-refractivity contribution in [1.29, 1.82) is 0 Å². The number of nitrogens with zero attached hydrogens (tertiary/aromatic N) is 7. The van der Waals surface area contributed by atoms with Gasteiger partial charge >= 0.3 is 29.8 Å². The number of carboxylic acid groups (broad SMARTS) is 2. The number of amides is 7. The van der Waals surface area contributed by atoms with E-state index in [0.29, 0.717) is 12.1 Å². The molecule has 0 aliphatic carbocycles. The zero-order valence-corrected chi connectivity index (χ0v) is 32.1. The molecule has 300 valence electrons. The number of β-lactam (4-membered cyclic amide) rings is 2. The number of hydrogen-bond acceptors (Lipinski definition) is 13. The van der Waals surface area contributed by atoms with Crippen LogP contribution in [0.25, 0.3) is 0 Å². The third kappa shape index (κ3) is 6.50. The summed E-state index contributed by atoms with van der Waals surface area (Å²) in [5, 5.41) is 29.7. The third-order valence-corrected chi connectivity index (χ3v) is 14.9. The van der Waals surface area contributed by atoms with Crippen LogP contribution in [0.15, 0.2) is 42.7 Å². The minimum atomic E-state index is -3.80. The van der Waals surface area contributed by atoms with Crippen molar-refractivity contribution in [1.82, 2.24) is 45.2 Å². The number of carbonyl (C=O) groups is 8. The second-order valence-electron chi connectivity index (χ2n) is 14.4. The SMILES string of the molecule is CCN1CCN(C(=O)NC(C(=O)N[C@@H]2C(=O)N3[C@@H]2SC(C)(C)[C@@H]3C(=O)O)c2ccccc2)C(=O)C1=O.C[C@]1(Cn2ccnn2)C(C(=O)O)N2C(=O)C[C@H]2S1(=O)=O. The number of carbonyl (C=O) groups excluding carboxylic acids is 6. The fourth-order valence-electron chi connectivity index (χ4n) is 7.63. The highest BCUT2D eigenvalue weighted by Crippen LogP contribution is 2.51. The highest BCUT2D eigenvalue weighted by atomic mass is 32.2. The number of piperazine rings is 1. The minimum Gasteiger partial charge on any atom is -0.480 e. The summed E-state index contributed by atoms with van der Waals surface area (Å²) in [6.45, 7) is 6.86. The molecule has 5 fully saturated rings. The van der Waals surface area contributed by atoms with E-state index in [9.17, 15) is 57.0 Å². The number of carboxylic acids is 2. The van der Waals surface area contributed by atoms with Gasteiger partial charge in [0.25, 0.3) is 0 Å². The Morgan fingerprint density at radius 1 is 0.964 bits per heavy atom. The fourth-order valence-corrected chi connectivity index (χ4v) is 11.6. The summed E-state index contributed by atoms with van der Waals surface area (Å²) in [5.74, 6) is -5.90. The van der Waals surface area contributed by atoms with E-state index < -0.39 is 102 Å². The van der Waals surface area contributed by atoms with E-state index in [1.807, 2.05) is 0 Å². The summed E-state index contributed by atoms with van der Waals surface area (Å²) in [6.07, 6.45) is 2.68. The Labute approximate surface area is 323 Å². The van der Waals surface area contributed by atoms with Gasteiger partial charge in [-0.2, -0.15) is 0 Å². The standard InChI is InChI=1S/C23H27N5O7S.C10H12N4O5S/c1-4-26-10-11-27(19(32)18(26)31)22(35)25-13(12-8-6-5-7-9-12)16(29)24-14-17(30)28-15(21(33)34)23(2,3)36-20(14)28;1-10(5-13-3-2-11-12-13)8(9(16)17)14-6(15)4-7(14)20(10,18)19/h5-9,13-15,20H,4,10-11H2,1-3H3,(H,24,29)(H,25,35)(H,33,34);2-3,7-8H,4-5H2,1H3,(H,16,17)/t13?,14-,15+,20-;7-,8?,10+/m11/s1. The molecule has 6 heterocycles. The van der Waals surface area contributed by atoms with Crippen LogP contribution in [0.4, 0.5) is 4.79 Å². The van der Waals surface area contributed by atoms with Crippen LogP contribution in [0.5, 0.6) is 0 Å². The maximum absolute atomic E-state index is 13.3. The topological polar surface area (TPSA) is 279 Å². The van der Waals surface area contributed by atoms with E-state index in [4.69, 9.17) is 0 Å². The van der Waals surface area contributed by atoms with E-state index in [0.717, 1.165) is 9.80 Å². The van der Waals surface area contributed by atoms with Gasteiger partial charge in [-0.3, -0.25) is 33.6 Å². The molecule has 0 saturated carbocycles. The Morgan fingerprint density at radius 3 is 2.20 bits per heavy atom. The van der Waals surface area contributed by atoms with Crippen molar-refractivity contribution >= 4 is 69.1 Å². The second-order valence-corrected chi connectivity index (χ2v) is 18.7. The van der Waals surface area contributed by atoms with Crippen molar-refractivity contribution < 1.29 is 57.0 Å². The van der Waals surface area contributed by atoms with Crippen LogP contribution >= 0.6 is 11.8 Å². The lowest BCUT2D eigenvalue weighted by atomic mass is 9.95. The van der Waals surface area contributed by atoms with Gasteiger partial charge in [0, 0.05) is 30.6 Å². The number of likely N-dealkylation sites (N-methyl/N-ethyl adjacent to an activating group) is 1. The molecule has 5 aliphatic heterocycles. The average Bonchev–Trinajstić information content (AvgIpc) is 3.78. The number of aromatic nitrogens is 3. The first-order valence-electron chi connectivity index (χ1n) is 17.4. The van der Waals surface area contributed by atoms with Gasteiger partial charge in [0.2, 0.25) is 17.7 Å². The highest BCUT2D eigenvalue weighted by Gasteiger charge is 2.70. The van der Waals surface area contributed by atoms with E-state index in [1.54, 1.807) is 51.1 Å². The first-order valence-corrected chi connectivity index (χ1v) is 19.8. The number of imide groups is 1. The van der Waals surface area contributed by atoms with Crippen LogP contribution in [0.2, 0.25) is 0 Å². The molecule has 1 aromatic heterocycles. The molecule has 1 aromatic carbocycles. The molecule has 0 spiro atoms. The first kappa shape index (κ1) is 40.1. The van der Waals surface area contributed by atoms with Gasteiger partial charge in [-0.1, -0.05) is 35.5 Å². The van der Waals surface area contributed by atoms with Crippen molar-refractivity contribution in [3.63, 3.8) is 0 Å². The molecule has 2 unspecified atom stereocenters. The lowest BCUT2D eigenvalue weighted by Crippen LogP contribution is -2.71. The average molecular weight is 818 g/mol. The van der Waals surface area contributed by atoms with Crippen LogP contribution in [0.1, 0.15) is 45.7 Å². The summed E-state index contributed by atoms with van der Waals surface area (Å²) in [5.41, 5.74) is 0.403. The van der Waals surface area contributed by atoms with Crippen molar-refractivity contribution in [3.8, 4) is 0 Å². The summed E-state index contributed by atoms with van der Waals surface area (Å²) < 4.78 is 24.0. The van der Waals surface area contributed by atoms with Crippen molar-refractivity contribution in [2.45, 2.75) is 85.1 Å². The summed E-state index contributed by atoms with van der Waals surface area (Å²) in [4.78, 5) is 103. The molecule has 21 nitrogen and oxygen atoms in total. The molecule has 5 aliphatic rings. The number of nitrogens with one attached hydrogen (secondary N) is 2. The number of sulfone groups is 1. The molecule has 0 radical (unpaired) electrons. The Balaban J connectivity index is 0.000000223. The van der Waals surface area contributed by atoms with Crippen LogP contribution in [-0.2, 0) is 49.9 Å². The molecule has 5 saturated heterocycles. The molecular formula is C33H39N9O12S2. The predicted octanol–water partition coefficient (Wildman–Crippen LogP) is -1.76. The lowest BCUT2D eigenvalue weighted by Gasteiger charge is -2.44. The first-order chi connectivity index (χ1) is 26.3. The van der Waals surface area contributed by atoms with Crippen LogP contribution in [0.3, 0.4) is 0 Å². The van der Waals surface area contributed by atoms with E-state index in [-0.39, 0.29) is 26.1 Å². The molecule has 4 N–H and O–H groups in total. The lowest BCUT2D eigenvalue weighted by molar-refractivity contribution is -0.161. The van der Waals surface area contributed by atoms with Crippen molar-refractivity contribution in [2.75, 3.05) is 19.6 Å². The summed E-state index contributed by atoms with van der Waals surface area (Å²) >= 11 is 1.28. The second kappa shape index (κ2) is 14.5. The van der Waals surface area contributed by atoms with Gasteiger partial charge in [0.05, 0.1) is 19.2 Å². The van der Waals surface area contributed by atoms with Crippen LogP contribution in [0, 0.1) is 0 Å². The fraction of sp³-hybridized carbons (Fsp3) is 0.515. The summed E-state index contributed by atoms with van der Waals surface area (Å²) in [6, 6.07) is 2.71. The predicted molar refractivity (Wildman–Crippen MR) is 191 cm³/mol. The molecule has 7 amide bonds. The molecular weight excluding hydrogens is 779 g/mol. The Bertz CT molecular complexity index is 2100. The summed E-state index contributed by atoms with van der Waals surface area (Å²) in [7, 11) is -3.80. The third-order valence-electron chi connectivity index (χ3n) is 10.6. The van der Waals surface area contributed by atoms with Crippen LogP contribution in [-0.4, -0.2) is 159 Å². The van der Waals surface area contributed by atoms with Crippen LogP contribution < -0.4 is 10.6 Å². The molecule has 7 rings (SSSR count).